The lowest BCUT2D eigenvalue weighted by atomic mass is 9.73. The Labute approximate surface area is 128 Å². The van der Waals surface area contributed by atoms with Crippen molar-refractivity contribution in [3.05, 3.63) is 54.6 Å². The van der Waals surface area contributed by atoms with Gasteiger partial charge in [-0.2, -0.15) is 0 Å². The second kappa shape index (κ2) is 5.63. The third-order valence-corrected chi connectivity index (χ3v) is 4.35. The van der Waals surface area contributed by atoms with E-state index in [1.165, 1.54) is 10.9 Å². The molecule has 0 radical (unpaired) electrons. The van der Waals surface area contributed by atoms with Gasteiger partial charge < -0.3 is 10.0 Å². The smallest absolute Gasteiger partial charge is 0.329 e. The lowest BCUT2D eigenvalue weighted by Gasteiger charge is -2.39. The van der Waals surface area contributed by atoms with Crippen LogP contribution in [0.2, 0.25) is 0 Å². The van der Waals surface area contributed by atoms with Crippen molar-refractivity contribution in [2.45, 2.75) is 18.3 Å². The van der Waals surface area contributed by atoms with Gasteiger partial charge in [0.25, 0.3) is 0 Å². The monoisotopic (exact) mass is 299 g/mol. The first-order valence-corrected chi connectivity index (χ1v) is 7.20. The first-order valence-electron chi connectivity index (χ1n) is 7.20. The number of hydrogen-bond donors (Lipinski definition) is 1. The van der Waals surface area contributed by atoms with Crippen LogP contribution in [0.25, 0.3) is 0 Å². The molecule has 6 nitrogen and oxygen atoms in total. The van der Waals surface area contributed by atoms with E-state index in [0.29, 0.717) is 25.9 Å². The van der Waals surface area contributed by atoms with Crippen molar-refractivity contribution >= 4 is 12.0 Å². The predicted octanol–water partition coefficient (Wildman–Crippen LogP) is 1.97. The minimum absolute atomic E-state index is 0.162. The van der Waals surface area contributed by atoms with E-state index in [0.717, 1.165) is 5.56 Å². The quantitative estimate of drug-likeness (QED) is 0.920. The van der Waals surface area contributed by atoms with Crippen LogP contribution in [-0.4, -0.2) is 44.6 Å². The number of nitrogens with zero attached hydrogens (tertiary/aromatic N) is 3. The van der Waals surface area contributed by atoms with Crippen LogP contribution in [0.1, 0.15) is 18.4 Å². The number of carboxylic acid groups (broad SMARTS) is 1. The molecular weight excluding hydrogens is 282 g/mol. The molecule has 1 saturated heterocycles. The molecule has 0 atom stereocenters. The average molecular weight is 299 g/mol. The fourth-order valence-electron chi connectivity index (χ4n) is 3.00. The summed E-state index contributed by atoms with van der Waals surface area (Å²) in [6, 6.07) is 9.11. The number of likely N-dealkylation sites (tertiary alicyclic amines) is 1. The number of carbonyl (C=O) groups excluding carboxylic acids is 1. The highest BCUT2D eigenvalue weighted by Gasteiger charge is 2.43. The Morgan fingerprint density at radius 3 is 2.36 bits per heavy atom. The van der Waals surface area contributed by atoms with Crippen LogP contribution in [0.15, 0.2) is 49.1 Å². The molecule has 2 aromatic rings. The lowest BCUT2D eigenvalue weighted by Crippen LogP contribution is -2.49. The van der Waals surface area contributed by atoms with Crippen LogP contribution in [0.4, 0.5) is 4.79 Å². The molecular formula is C16H17N3O3. The molecule has 0 spiro atoms. The number of imidazole rings is 1. The van der Waals surface area contributed by atoms with Gasteiger partial charge in [0.05, 0.1) is 5.41 Å². The summed E-state index contributed by atoms with van der Waals surface area (Å²) in [5.74, 6) is -0.826. The predicted molar refractivity (Wildman–Crippen MR) is 79.6 cm³/mol. The molecule has 6 heteroatoms. The molecule has 1 aromatic carbocycles. The van der Waals surface area contributed by atoms with Crippen LogP contribution in [0.5, 0.6) is 0 Å². The molecule has 0 unspecified atom stereocenters. The van der Waals surface area contributed by atoms with Gasteiger partial charge in [0.2, 0.25) is 0 Å². The van der Waals surface area contributed by atoms with Gasteiger partial charge in [-0.05, 0) is 18.4 Å². The van der Waals surface area contributed by atoms with Gasteiger partial charge in [-0.15, -0.1) is 0 Å². The first kappa shape index (κ1) is 14.3. The van der Waals surface area contributed by atoms with E-state index in [2.05, 4.69) is 4.98 Å². The van der Waals surface area contributed by atoms with Crippen LogP contribution >= 0.6 is 0 Å². The topological polar surface area (TPSA) is 75.4 Å². The fourth-order valence-corrected chi connectivity index (χ4v) is 3.00. The van der Waals surface area contributed by atoms with Gasteiger partial charge in [-0.25, -0.2) is 9.78 Å². The molecule has 0 bridgehead atoms. The first-order chi connectivity index (χ1) is 10.6. The minimum Gasteiger partial charge on any atom is -0.481 e. The van der Waals surface area contributed by atoms with Crippen molar-refractivity contribution in [1.29, 1.82) is 0 Å². The maximum absolute atomic E-state index is 12.3. The highest BCUT2D eigenvalue weighted by atomic mass is 16.4. The normalized spacial score (nSPS) is 17.2. The highest BCUT2D eigenvalue weighted by Crippen LogP contribution is 2.36. The Morgan fingerprint density at radius 1 is 1.14 bits per heavy atom. The number of carboxylic acids is 1. The number of piperidine rings is 1. The Kier molecular flexibility index (Phi) is 3.66. The van der Waals surface area contributed by atoms with E-state index in [1.54, 1.807) is 17.3 Å². The van der Waals surface area contributed by atoms with Gasteiger partial charge in [-0.1, -0.05) is 30.3 Å². The molecule has 1 fully saturated rings. The number of aromatic nitrogens is 2. The Bertz CT molecular complexity index is 659. The molecule has 2 heterocycles. The molecule has 1 aliphatic heterocycles. The summed E-state index contributed by atoms with van der Waals surface area (Å²) in [4.78, 5) is 29.7. The molecule has 1 aliphatic rings. The second-order valence-electron chi connectivity index (χ2n) is 5.49. The molecule has 1 N–H and O–H groups in total. The average Bonchev–Trinajstić information content (AvgIpc) is 3.09. The van der Waals surface area contributed by atoms with Gasteiger partial charge in [-0.3, -0.25) is 9.36 Å². The van der Waals surface area contributed by atoms with Crippen molar-refractivity contribution in [2.75, 3.05) is 13.1 Å². The molecule has 0 aliphatic carbocycles. The van der Waals surface area contributed by atoms with Crippen LogP contribution in [0, 0.1) is 0 Å². The third kappa shape index (κ3) is 2.36. The lowest BCUT2D eigenvalue weighted by molar-refractivity contribution is -0.145. The largest absolute Gasteiger partial charge is 0.481 e. The standard InChI is InChI=1S/C16H17N3O3/c20-14(21)16(13-4-2-1-3-5-13)6-9-18(10-7-16)15(22)19-11-8-17-12-19/h1-5,8,11-12H,6-7,9-10H2,(H,20,21). The number of aliphatic carboxylic acids is 1. The third-order valence-electron chi connectivity index (χ3n) is 4.35. The SMILES string of the molecule is O=C(N1CCC(C(=O)O)(c2ccccc2)CC1)n1ccnc1. The van der Waals surface area contributed by atoms with E-state index < -0.39 is 11.4 Å². The zero-order valence-corrected chi connectivity index (χ0v) is 12.1. The Morgan fingerprint density at radius 2 is 1.82 bits per heavy atom. The van der Waals surface area contributed by atoms with E-state index in [9.17, 15) is 14.7 Å². The summed E-state index contributed by atoms with van der Waals surface area (Å²) in [6.45, 7) is 0.830. The number of benzene rings is 1. The molecule has 114 valence electrons. The van der Waals surface area contributed by atoms with Gasteiger partial charge in [0, 0.05) is 25.5 Å². The molecule has 3 rings (SSSR count). The summed E-state index contributed by atoms with van der Waals surface area (Å²) in [6.07, 6.45) is 5.42. The fraction of sp³-hybridized carbons (Fsp3) is 0.312. The molecule has 1 aromatic heterocycles. The van der Waals surface area contributed by atoms with E-state index in [-0.39, 0.29) is 6.03 Å². The number of hydrogen-bond acceptors (Lipinski definition) is 3. The van der Waals surface area contributed by atoms with Crippen LogP contribution < -0.4 is 0 Å². The van der Waals surface area contributed by atoms with Crippen molar-refractivity contribution in [2.24, 2.45) is 0 Å². The summed E-state index contributed by atoms with van der Waals surface area (Å²) in [7, 11) is 0. The summed E-state index contributed by atoms with van der Waals surface area (Å²) >= 11 is 0. The molecule has 1 amide bonds. The van der Waals surface area contributed by atoms with Crippen molar-refractivity contribution in [1.82, 2.24) is 14.5 Å². The maximum atomic E-state index is 12.3. The van der Waals surface area contributed by atoms with Crippen molar-refractivity contribution < 1.29 is 14.7 Å². The summed E-state index contributed by atoms with van der Waals surface area (Å²) in [5, 5.41) is 9.73. The number of rotatable bonds is 2. The minimum atomic E-state index is -0.910. The number of carbonyl (C=O) groups is 2. The molecule has 22 heavy (non-hydrogen) atoms. The zero-order chi connectivity index (χ0) is 15.6. The maximum Gasteiger partial charge on any atom is 0.329 e. The van der Waals surface area contributed by atoms with Gasteiger partial charge >= 0.3 is 12.0 Å². The van der Waals surface area contributed by atoms with E-state index in [1.807, 2.05) is 30.3 Å². The van der Waals surface area contributed by atoms with Gasteiger partial charge in [0.15, 0.2) is 0 Å². The molecule has 0 saturated carbocycles. The Hall–Kier alpha value is -2.63. The van der Waals surface area contributed by atoms with Crippen molar-refractivity contribution in [3.8, 4) is 0 Å². The van der Waals surface area contributed by atoms with Gasteiger partial charge in [0.1, 0.15) is 6.33 Å². The summed E-state index contributed by atoms with van der Waals surface area (Å²) in [5.41, 5.74) is -0.107. The van der Waals surface area contributed by atoms with E-state index in [4.69, 9.17) is 0 Å². The summed E-state index contributed by atoms with van der Waals surface area (Å²) < 4.78 is 1.41. The number of amides is 1. The highest BCUT2D eigenvalue weighted by molar-refractivity contribution is 5.82. The van der Waals surface area contributed by atoms with Crippen molar-refractivity contribution in [3.63, 3.8) is 0 Å². The zero-order valence-electron chi connectivity index (χ0n) is 12.1. The Balaban J connectivity index is 1.79. The second-order valence-corrected chi connectivity index (χ2v) is 5.49. The van der Waals surface area contributed by atoms with Crippen LogP contribution in [-0.2, 0) is 10.2 Å². The van der Waals surface area contributed by atoms with E-state index >= 15 is 0 Å². The van der Waals surface area contributed by atoms with Crippen LogP contribution in [0.3, 0.4) is 0 Å².